The van der Waals surface area contributed by atoms with Gasteiger partial charge in [0.2, 0.25) is 0 Å². The van der Waals surface area contributed by atoms with Crippen molar-refractivity contribution in [2.24, 2.45) is 0 Å². The third kappa shape index (κ3) is 4.04. The molecule has 0 aromatic heterocycles. The van der Waals surface area contributed by atoms with Crippen LogP contribution in [0.3, 0.4) is 0 Å². The topological polar surface area (TPSA) is 40.5 Å². The Morgan fingerprint density at radius 2 is 1.08 bits per heavy atom. The van der Waals surface area contributed by atoms with Crippen LogP contribution in [0.25, 0.3) is 0 Å². The van der Waals surface area contributed by atoms with E-state index in [9.17, 15) is 10.2 Å². The molecule has 2 atom stereocenters. The van der Waals surface area contributed by atoms with Crippen molar-refractivity contribution in [1.82, 2.24) is 0 Å². The maximum Gasteiger partial charge on any atom is 0.108 e. The Morgan fingerprint density at radius 1 is 0.692 bits per heavy atom. The first-order valence-corrected chi connectivity index (χ1v) is 8.85. The van der Waals surface area contributed by atoms with E-state index in [0.29, 0.717) is 25.7 Å². The Bertz CT molecular complexity index is 693. The zero-order valence-corrected chi connectivity index (χ0v) is 15.3. The van der Waals surface area contributed by atoms with E-state index in [-0.39, 0.29) is 0 Å². The molecule has 0 heterocycles. The standard InChI is InChI=1S/C24H28O2/c1-5-9-21-17-19(11-15-23(21,25)13-7-3)20-12-16-24(26,14-8-4)22(18-20)10-6-2/h5-8,11-12,15-18,25-26H,1-4,9-10,13-14H2/b20-19+. The minimum atomic E-state index is -1.02. The molecular formula is C24H28O2. The van der Waals surface area contributed by atoms with Gasteiger partial charge in [-0.2, -0.15) is 0 Å². The molecule has 2 unspecified atom stereocenters. The van der Waals surface area contributed by atoms with E-state index in [1.165, 1.54) is 0 Å². The SMILES string of the molecule is C=CCC1=C/C(=C2\C=CC(O)(CC=C)C(CC=C)=C2)C=CC1(O)CC=C. The number of aliphatic hydroxyl groups is 2. The van der Waals surface area contributed by atoms with Gasteiger partial charge in [-0.15, -0.1) is 26.3 Å². The molecule has 0 aromatic rings. The highest BCUT2D eigenvalue weighted by Crippen LogP contribution is 2.37. The summed E-state index contributed by atoms with van der Waals surface area (Å²) in [6.45, 7) is 15.1. The van der Waals surface area contributed by atoms with Crippen molar-refractivity contribution < 1.29 is 10.2 Å². The minimum Gasteiger partial charge on any atom is -0.381 e. The number of rotatable bonds is 8. The van der Waals surface area contributed by atoms with Crippen LogP contribution in [-0.2, 0) is 0 Å². The zero-order valence-electron chi connectivity index (χ0n) is 15.3. The second-order valence-electron chi connectivity index (χ2n) is 6.74. The predicted molar refractivity (Wildman–Crippen MR) is 111 cm³/mol. The summed E-state index contributed by atoms with van der Waals surface area (Å²) in [6, 6.07) is 0. The molecule has 136 valence electrons. The summed E-state index contributed by atoms with van der Waals surface area (Å²) in [5.74, 6) is 0. The van der Waals surface area contributed by atoms with Gasteiger partial charge in [0.25, 0.3) is 0 Å². The largest absolute Gasteiger partial charge is 0.381 e. The molecule has 0 aliphatic heterocycles. The fourth-order valence-corrected chi connectivity index (χ4v) is 3.37. The maximum absolute atomic E-state index is 10.9. The molecule has 2 rings (SSSR count). The van der Waals surface area contributed by atoms with Crippen molar-refractivity contribution in [3.8, 4) is 0 Å². The van der Waals surface area contributed by atoms with E-state index in [1.54, 1.807) is 24.3 Å². The van der Waals surface area contributed by atoms with Crippen LogP contribution < -0.4 is 0 Å². The van der Waals surface area contributed by atoms with E-state index in [4.69, 9.17) is 0 Å². The average Bonchev–Trinajstić information content (AvgIpc) is 2.60. The number of allylic oxidation sites excluding steroid dienone is 8. The summed E-state index contributed by atoms with van der Waals surface area (Å²) in [4.78, 5) is 0. The van der Waals surface area contributed by atoms with E-state index in [0.717, 1.165) is 22.3 Å². The summed E-state index contributed by atoms with van der Waals surface area (Å²) in [7, 11) is 0. The van der Waals surface area contributed by atoms with Crippen molar-refractivity contribution in [2.45, 2.75) is 36.9 Å². The van der Waals surface area contributed by atoms with Gasteiger partial charge >= 0.3 is 0 Å². The summed E-state index contributed by atoms with van der Waals surface area (Å²) < 4.78 is 0. The fourth-order valence-electron chi connectivity index (χ4n) is 3.37. The van der Waals surface area contributed by atoms with Crippen molar-refractivity contribution in [2.75, 3.05) is 0 Å². The highest BCUT2D eigenvalue weighted by molar-refractivity contribution is 5.57. The summed E-state index contributed by atoms with van der Waals surface area (Å²) in [5.41, 5.74) is 1.72. The number of hydrogen-bond donors (Lipinski definition) is 2. The minimum absolute atomic E-state index is 0.457. The molecule has 0 saturated heterocycles. The van der Waals surface area contributed by atoms with Gasteiger partial charge in [-0.25, -0.2) is 0 Å². The molecule has 2 nitrogen and oxygen atoms in total. The maximum atomic E-state index is 10.9. The van der Waals surface area contributed by atoms with Crippen LogP contribution in [0.2, 0.25) is 0 Å². The van der Waals surface area contributed by atoms with Crippen LogP contribution in [0.4, 0.5) is 0 Å². The second-order valence-corrected chi connectivity index (χ2v) is 6.74. The highest BCUT2D eigenvalue weighted by Gasteiger charge is 2.31. The van der Waals surface area contributed by atoms with Gasteiger partial charge in [-0.3, -0.25) is 0 Å². The fraction of sp³-hybridized carbons (Fsp3) is 0.250. The smallest absolute Gasteiger partial charge is 0.108 e. The van der Waals surface area contributed by atoms with Gasteiger partial charge in [0.15, 0.2) is 0 Å². The monoisotopic (exact) mass is 348 g/mol. The van der Waals surface area contributed by atoms with Crippen LogP contribution in [0, 0.1) is 0 Å². The van der Waals surface area contributed by atoms with Crippen molar-refractivity contribution in [3.05, 3.63) is 109 Å². The van der Waals surface area contributed by atoms with Gasteiger partial charge < -0.3 is 10.2 Å². The first-order chi connectivity index (χ1) is 12.4. The van der Waals surface area contributed by atoms with Gasteiger partial charge in [0, 0.05) is 12.8 Å². The number of hydrogen-bond acceptors (Lipinski definition) is 2. The molecule has 0 fully saturated rings. The Labute approximate surface area is 157 Å². The third-order valence-corrected chi connectivity index (χ3v) is 4.82. The summed E-state index contributed by atoms with van der Waals surface area (Å²) in [5, 5.41) is 21.7. The molecule has 2 aliphatic carbocycles. The van der Waals surface area contributed by atoms with E-state index in [2.05, 4.69) is 26.3 Å². The molecule has 2 aliphatic rings. The van der Waals surface area contributed by atoms with Gasteiger partial charge in [0.1, 0.15) is 11.2 Å². The van der Waals surface area contributed by atoms with E-state index < -0.39 is 11.2 Å². The lowest BCUT2D eigenvalue weighted by Crippen LogP contribution is -2.31. The summed E-state index contributed by atoms with van der Waals surface area (Å²) in [6.07, 6.45) is 20.6. The molecule has 0 saturated carbocycles. The van der Waals surface area contributed by atoms with Crippen LogP contribution in [0.15, 0.2) is 109 Å². The van der Waals surface area contributed by atoms with Gasteiger partial charge in [-0.05, 0) is 47.3 Å². The van der Waals surface area contributed by atoms with Crippen LogP contribution >= 0.6 is 0 Å². The summed E-state index contributed by atoms with van der Waals surface area (Å²) >= 11 is 0. The zero-order chi connectivity index (χ0) is 19.2. The van der Waals surface area contributed by atoms with E-state index in [1.807, 2.05) is 36.5 Å². The average molecular weight is 348 g/mol. The lowest BCUT2D eigenvalue weighted by Gasteiger charge is -2.32. The van der Waals surface area contributed by atoms with Crippen molar-refractivity contribution in [1.29, 1.82) is 0 Å². The van der Waals surface area contributed by atoms with Gasteiger partial charge in [0.05, 0.1) is 0 Å². The normalized spacial score (nSPS) is 30.4. The van der Waals surface area contributed by atoms with E-state index >= 15 is 0 Å². The van der Waals surface area contributed by atoms with Crippen LogP contribution in [0.5, 0.6) is 0 Å². The second kappa shape index (κ2) is 8.31. The molecular weight excluding hydrogens is 320 g/mol. The molecule has 0 amide bonds. The molecule has 0 spiro atoms. The highest BCUT2D eigenvalue weighted by atomic mass is 16.3. The Hall–Kier alpha value is -2.42. The molecule has 0 aromatic carbocycles. The first kappa shape index (κ1) is 19.9. The molecule has 2 N–H and O–H groups in total. The third-order valence-electron chi connectivity index (χ3n) is 4.82. The molecule has 0 bridgehead atoms. The first-order valence-electron chi connectivity index (χ1n) is 8.85. The Morgan fingerprint density at radius 3 is 1.38 bits per heavy atom. The Kier molecular flexibility index (Phi) is 6.36. The Balaban J connectivity index is 2.49. The van der Waals surface area contributed by atoms with Gasteiger partial charge in [-0.1, -0.05) is 48.6 Å². The molecule has 2 heteroatoms. The quantitative estimate of drug-likeness (QED) is 0.603. The predicted octanol–water partition coefficient (Wildman–Crippen LogP) is 5.04. The lowest BCUT2D eigenvalue weighted by atomic mass is 9.78. The van der Waals surface area contributed by atoms with Crippen LogP contribution in [-0.4, -0.2) is 21.4 Å². The van der Waals surface area contributed by atoms with Crippen LogP contribution in [0.1, 0.15) is 25.7 Å². The molecule has 0 radical (unpaired) electrons. The van der Waals surface area contributed by atoms with Crippen molar-refractivity contribution in [3.63, 3.8) is 0 Å². The lowest BCUT2D eigenvalue weighted by molar-refractivity contribution is 0.129. The van der Waals surface area contributed by atoms with Crippen molar-refractivity contribution >= 4 is 0 Å². The molecule has 26 heavy (non-hydrogen) atoms.